The molecule has 0 N–H and O–H groups in total. The lowest BCUT2D eigenvalue weighted by Crippen LogP contribution is -2.55. The van der Waals surface area contributed by atoms with Crippen molar-refractivity contribution in [1.29, 1.82) is 0 Å². The number of halogens is 9. The van der Waals surface area contributed by atoms with Crippen LogP contribution in [0.15, 0.2) is 71.6 Å². The number of urea groups is 1. The summed E-state index contributed by atoms with van der Waals surface area (Å²) in [5, 5.41) is -0.913. The van der Waals surface area contributed by atoms with Crippen LogP contribution < -0.4 is 0 Å². The Morgan fingerprint density at radius 1 is 0.760 bits per heavy atom. The lowest BCUT2D eigenvalue weighted by molar-refractivity contribution is -0.392. The van der Waals surface area contributed by atoms with E-state index in [9.17, 15) is 53.3 Å². The maximum Gasteiger partial charge on any atom is 0.430 e. The number of amides is 3. The van der Waals surface area contributed by atoms with Crippen molar-refractivity contribution in [3.63, 3.8) is 0 Å². The highest BCUT2D eigenvalue weighted by atomic mass is 32.2. The van der Waals surface area contributed by atoms with E-state index in [2.05, 4.69) is 4.74 Å². The van der Waals surface area contributed by atoms with Gasteiger partial charge in [0, 0.05) is 68.1 Å². The van der Waals surface area contributed by atoms with E-state index in [0.29, 0.717) is 24.3 Å². The van der Waals surface area contributed by atoms with Gasteiger partial charge in [-0.3, -0.25) is 9.00 Å². The van der Waals surface area contributed by atoms with Crippen molar-refractivity contribution in [1.82, 2.24) is 14.7 Å². The fraction of sp³-hybridized carbons (Fsp3) is 0.394. The number of rotatable bonds is 7. The first-order chi connectivity index (χ1) is 23.4. The lowest BCUT2D eigenvalue weighted by atomic mass is 9.88. The second-order valence-corrected chi connectivity index (χ2v) is 13.5. The van der Waals surface area contributed by atoms with Crippen LogP contribution >= 0.6 is 0 Å². The number of carbonyl (C=O) groups excluding carboxylic acids is 2. The zero-order chi connectivity index (χ0) is 36.6. The van der Waals surface area contributed by atoms with Crippen molar-refractivity contribution in [3.8, 4) is 0 Å². The van der Waals surface area contributed by atoms with Gasteiger partial charge in [-0.1, -0.05) is 30.3 Å². The van der Waals surface area contributed by atoms with Crippen LogP contribution in [0.5, 0.6) is 0 Å². The van der Waals surface area contributed by atoms with Gasteiger partial charge in [0.1, 0.15) is 17.5 Å². The summed E-state index contributed by atoms with van der Waals surface area (Å²) < 4.78 is 147. The minimum atomic E-state index is -6.15. The topological polar surface area (TPSA) is 70.2 Å². The van der Waals surface area contributed by atoms with Crippen molar-refractivity contribution in [3.05, 3.63) is 101 Å². The number of hydrogen-bond acceptors (Lipinski definition) is 4. The van der Waals surface area contributed by atoms with Crippen LogP contribution in [0.25, 0.3) is 0 Å². The van der Waals surface area contributed by atoms with E-state index in [-0.39, 0.29) is 55.6 Å². The molecule has 3 amide bonds. The third kappa shape index (κ3) is 7.20. The molecule has 2 fully saturated rings. The molecule has 0 spiro atoms. The number of piperazine rings is 1. The molecule has 0 radical (unpaired) electrons. The monoisotopic (exact) mass is 735 g/mol. The molecule has 17 heteroatoms. The van der Waals surface area contributed by atoms with E-state index >= 15 is 0 Å². The molecular formula is C33H30F9N3O4S. The Kier molecular flexibility index (Phi) is 10.6. The van der Waals surface area contributed by atoms with Gasteiger partial charge in [0.2, 0.25) is 5.91 Å². The molecule has 0 bridgehead atoms. The molecule has 3 aromatic carbocycles. The molecular weight excluding hydrogens is 705 g/mol. The third-order valence-corrected chi connectivity index (χ3v) is 10.7. The molecule has 2 aliphatic rings. The lowest BCUT2D eigenvalue weighted by Gasteiger charge is -2.37. The summed E-state index contributed by atoms with van der Waals surface area (Å²) in [6.45, 7) is 0.405. The standard InChI is InChI=1S/C33H30F9N3O4S/c1-20(46)43-13-15-44(16-14-43)30(47)45-17-25(29(18-45)50(48)24-11-9-23(34)10-12-24)21-5-7-22(8-6-21)31(32(37,38)39,33(40,41)42)49-19-26-27(35)3-2-4-28(26)36/h2-12,25,29H,13-19H2,1H3/t25?,29-,50?/m1/s1. The fourth-order valence-electron chi connectivity index (χ4n) is 6.17. The van der Waals surface area contributed by atoms with Gasteiger partial charge in [0.05, 0.1) is 22.7 Å². The largest absolute Gasteiger partial charge is 0.430 e. The van der Waals surface area contributed by atoms with Crippen LogP contribution in [0.3, 0.4) is 0 Å². The smallest absolute Gasteiger partial charge is 0.349 e. The maximum absolute atomic E-state index is 14.5. The van der Waals surface area contributed by atoms with Gasteiger partial charge in [0.25, 0.3) is 5.60 Å². The second kappa shape index (κ2) is 14.2. The van der Waals surface area contributed by atoms with E-state index in [1.165, 1.54) is 28.9 Å². The first-order valence-corrected chi connectivity index (χ1v) is 16.4. The molecule has 2 saturated heterocycles. The van der Waals surface area contributed by atoms with E-state index in [0.717, 1.165) is 30.3 Å². The summed E-state index contributed by atoms with van der Waals surface area (Å²) in [6.07, 6.45) is -12.3. The number of ether oxygens (including phenoxy) is 1. The second-order valence-electron chi connectivity index (χ2n) is 11.9. The van der Waals surface area contributed by atoms with Crippen LogP contribution in [0.1, 0.15) is 29.5 Å². The van der Waals surface area contributed by atoms with Gasteiger partial charge in [0.15, 0.2) is 0 Å². The highest BCUT2D eigenvalue weighted by Crippen LogP contribution is 2.53. The summed E-state index contributed by atoms with van der Waals surface area (Å²) in [5.74, 6) is -4.44. The van der Waals surface area contributed by atoms with Crippen LogP contribution in [0.2, 0.25) is 0 Å². The Hall–Kier alpha value is -4.12. The molecule has 2 heterocycles. The number of carbonyl (C=O) groups is 2. The summed E-state index contributed by atoms with van der Waals surface area (Å²) in [5.41, 5.74) is -7.41. The van der Waals surface area contributed by atoms with E-state index < -0.39 is 81.1 Å². The van der Waals surface area contributed by atoms with Gasteiger partial charge in [-0.15, -0.1) is 0 Å². The Morgan fingerprint density at radius 2 is 1.30 bits per heavy atom. The molecule has 7 nitrogen and oxygen atoms in total. The average Bonchev–Trinajstić information content (AvgIpc) is 3.50. The Bertz CT molecular complexity index is 1690. The highest BCUT2D eigenvalue weighted by Gasteiger charge is 2.73. The van der Waals surface area contributed by atoms with Gasteiger partial charge in [-0.25, -0.2) is 18.0 Å². The number of nitrogens with zero attached hydrogens (tertiary/aromatic N) is 3. The van der Waals surface area contributed by atoms with Crippen LogP contribution in [0.4, 0.5) is 44.3 Å². The zero-order valence-corrected chi connectivity index (χ0v) is 27.1. The number of hydrogen-bond donors (Lipinski definition) is 0. The van der Waals surface area contributed by atoms with Gasteiger partial charge < -0.3 is 19.4 Å². The van der Waals surface area contributed by atoms with Gasteiger partial charge in [-0.05, 0) is 42.0 Å². The van der Waals surface area contributed by atoms with Gasteiger partial charge in [-0.2, -0.15) is 26.3 Å². The first-order valence-electron chi connectivity index (χ1n) is 15.2. The zero-order valence-electron chi connectivity index (χ0n) is 26.2. The number of benzene rings is 3. The third-order valence-electron chi connectivity index (χ3n) is 8.89. The summed E-state index contributed by atoms with van der Waals surface area (Å²) >= 11 is 0. The molecule has 0 aromatic heterocycles. The van der Waals surface area contributed by atoms with Crippen LogP contribution in [0, 0.1) is 17.5 Å². The van der Waals surface area contributed by atoms with E-state index in [4.69, 9.17) is 0 Å². The normalized spacial score (nSPS) is 19.5. The summed E-state index contributed by atoms with van der Waals surface area (Å²) in [6, 6.07) is 9.42. The first kappa shape index (κ1) is 37.1. The molecule has 270 valence electrons. The molecule has 2 unspecified atom stereocenters. The molecule has 5 rings (SSSR count). The molecule has 0 saturated carbocycles. The summed E-state index contributed by atoms with van der Waals surface area (Å²) in [4.78, 5) is 29.8. The predicted molar refractivity (Wildman–Crippen MR) is 162 cm³/mol. The SMILES string of the molecule is CC(=O)N1CCN(C(=O)N2CC(c3ccc(C(OCc4c(F)cccc4F)(C(F)(F)F)C(F)(F)F)cc3)[C@H](S(=O)c3ccc(F)cc3)C2)CC1. The van der Waals surface area contributed by atoms with Crippen molar-refractivity contribution in [2.45, 2.75) is 47.5 Å². The molecule has 0 aliphatic carbocycles. The van der Waals surface area contributed by atoms with Crippen LogP contribution in [-0.4, -0.2) is 87.7 Å². The van der Waals surface area contributed by atoms with Gasteiger partial charge >= 0.3 is 18.4 Å². The Balaban J connectivity index is 1.48. The predicted octanol–water partition coefficient (Wildman–Crippen LogP) is 6.50. The highest BCUT2D eigenvalue weighted by molar-refractivity contribution is 7.85. The van der Waals surface area contributed by atoms with Crippen molar-refractivity contribution < 1.29 is 58.0 Å². The fourth-order valence-corrected chi connectivity index (χ4v) is 7.78. The van der Waals surface area contributed by atoms with Crippen molar-refractivity contribution >= 4 is 22.7 Å². The molecule has 3 aromatic rings. The minimum absolute atomic E-state index is 0.116. The Labute approximate surface area is 283 Å². The Morgan fingerprint density at radius 3 is 1.82 bits per heavy atom. The maximum atomic E-state index is 14.5. The number of alkyl halides is 6. The van der Waals surface area contributed by atoms with Crippen LogP contribution in [-0.2, 0) is 32.5 Å². The minimum Gasteiger partial charge on any atom is -0.349 e. The average molecular weight is 736 g/mol. The van der Waals surface area contributed by atoms with E-state index in [1.54, 1.807) is 4.90 Å². The summed E-state index contributed by atoms with van der Waals surface area (Å²) in [7, 11) is -1.92. The molecule has 2 aliphatic heterocycles. The van der Waals surface area contributed by atoms with E-state index in [1.807, 2.05) is 0 Å². The molecule has 50 heavy (non-hydrogen) atoms. The quantitative estimate of drug-likeness (QED) is 0.260. The molecule has 3 atom stereocenters. The number of likely N-dealkylation sites (tertiary alicyclic amines) is 1. The van der Waals surface area contributed by atoms with Crippen molar-refractivity contribution in [2.75, 3.05) is 39.3 Å². The van der Waals surface area contributed by atoms with Crippen molar-refractivity contribution in [2.24, 2.45) is 0 Å².